The van der Waals surface area contributed by atoms with E-state index >= 15 is 0 Å². The number of carbonyl (C=O) groups is 1. The minimum atomic E-state index is -3.16. The molecule has 7 heteroatoms. The smallest absolute Gasteiger partial charge is 0.224 e. The molecule has 0 radical (unpaired) electrons. The molecule has 1 heterocycles. The molecule has 0 saturated carbocycles. The van der Waals surface area contributed by atoms with Gasteiger partial charge in [0, 0.05) is 31.6 Å². The van der Waals surface area contributed by atoms with Crippen LogP contribution in [0.2, 0.25) is 0 Å². The fraction of sp³-hybridized carbons (Fsp3) is 0.909. The fourth-order valence-corrected chi connectivity index (χ4v) is 2.89. The van der Waals surface area contributed by atoms with E-state index in [0.717, 1.165) is 12.7 Å². The molecular formula is C11H23N3O3S. The molecule has 1 aliphatic rings. The summed E-state index contributed by atoms with van der Waals surface area (Å²) in [6, 6.07) is -0.131. The molecule has 1 saturated heterocycles. The zero-order chi connectivity index (χ0) is 13.8. The van der Waals surface area contributed by atoms with E-state index < -0.39 is 10.0 Å². The van der Waals surface area contributed by atoms with Crippen molar-refractivity contribution in [3.63, 3.8) is 0 Å². The van der Waals surface area contributed by atoms with Crippen LogP contribution in [0.15, 0.2) is 0 Å². The maximum atomic E-state index is 11.9. The van der Waals surface area contributed by atoms with Crippen molar-refractivity contribution < 1.29 is 13.2 Å². The third-order valence-corrected chi connectivity index (χ3v) is 3.95. The molecule has 0 aromatic carbocycles. The van der Waals surface area contributed by atoms with Crippen LogP contribution in [-0.4, -0.2) is 50.7 Å². The van der Waals surface area contributed by atoms with Crippen LogP contribution in [0, 0.1) is 0 Å². The molecule has 1 fully saturated rings. The lowest BCUT2D eigenvalue weighted by Gasteiger charge is -2.32. The molecule has 0 aromatic heterocycles. The first-order chi connectivity index (χ1) is 8.31. The van der Waals surface area contributed by atoms with Gasteiger partial charge in [0.25, 0.3) is 0 Å². The normalized spacial score (nSPS) is 19.8. The fourth-order valence-electron chi connectivity index (χ4n) is 2.05. The molecule has 18 heavy (non-hydrogen) atoms. The second-order valence-electron chi connectivity index (χ2n) is 4.92. The van der Waals surface area contributed by atoms with E-state index in [2.05, 4.69) is 4.72 Å². The molecule has 0 aliphatic carbocycles. The Morgan fingerprint density at radius 3 is 2.44 bits per heavy atom. The van der Waals surface area contributed by atoms with Crippen LogP contribution in [0.1, 0.15) is 32.6 Å². The van der Waals surface area contributed by atoms with Crippen molar-refractivity contribution >= 4 is 15.9 Å². The van der Waals surface area contributed by atoms with Crippen molar-refractivity contribution in [2.24, 2.45) is 5.73 Å². The van der Waals surface area contributed by atoms with Crippen molar-refractivity contribution in [3.05, 3.63) is 0 Å². The molecule has 1 atom stereocenters. The predicted molar refractivity (Wildman–Crippen MR) is 70.5 cm³/mol. The molecule has 0 bridgehead atoms. The standard InChI is InChI=1S/C11H23N3O3S/c1-3-9(12)8-11(15)14-6-4-10(5-7-14)13-18(2,16)17/h9-10,13H,3-8,12H2,1-2H3. The Balaban J connectivity index is 2.37. The minimum Gasteiger partial charge on any atom is -0.343 e. The third-order valence-electron chi connectivity index (χ3n) is 3.19. The summed E-state index contributed by atoms with van der Waals surface area (Å²) in [5, 5.41) is 0. The summed E-state index contributed by atoms with van der Waals surface area (Å²) >= 11 is 0. The van der Waals surface area contributed by atoms with E-state index in [4.69, 9.17) is 5.73 Å². The Morgan fingerprint density at radius 1 is 1.44 bits per heavy atom. The number of sulfonamides is 1. The number of carbonyl (C=O) groups excluding carboxylic acids is 1. The number of nitrogens with zero attached hydrogens (tertiary/aromatic N) is 1. The Morgan fingerprint density at radius 2 is 2.00 bits per heavy atom. The monoisotopic (exact) mass is 277 g/mol. The zero-order valence-corrected chi connectivity index (χ0v) is 11.9. The van der Waals surface area contributed by atoms with Gasteiger partial charge in [0.1, 0.15) is 0 Å². The summed E-state index contributed by atoms with van der Waals surface area (Å²) < 4.78 is 24.8. The van der Waals surface area contributed by atoms with Gasteiger partial charge < -0.3 is 10.6 Å². The molecule has 6 nitrogen and oxygen atoms in total. The Kier molecular flexibility index (Phi) is 5.55. The molecule has 1 aliphatic heterocycles. The van der Waals surface area contributed by atoms with Gasteiger partial charge in [-0.15, -0.1) is 0 Å². The van der Waals surface area contributed by atoms with Crippen LogP contribution in [0.25, 0.3) is 0 Å². The van der Waals surface area contributed by atoms with Gasteiger partial charge in [0.2, 0.25) is 15.9 Å². The highest BCUT2D eigenvalue weighted by Gasteiger charge is 2.24. The lowest BCUT2D eigenvalue weighted by atomic mass is 10.0. The van der Waals surface area contributed by atoms with Gasteiger partial charge in [-0.2, -0.15) is 0 Å². The topological polar surface area (TPSA) is 92.5 Å². The van der Waals surface area contributed by atoms with Crippen LogP contribution in [0.3, 0.4) is 0 Å². The number of hydrogen-bond donors (Lipinski definition) is 2. The second kappa shape index (κ2) is 6.49. The number of nitrogens with one attached hydrogen (secondary N) is 1. The van der Waals surface area contributed by atoms with E-state index in [-0.39, 0.29) is 18.0 Å². The van der Waals surface area contributed by atoms with E-state index in [9.17, 15) is 13.2 Å². The summed E-state index contributed by atoms with van der Waals surface area (Å²) in [7, 11) is -3.16. The number of rotatable bonds is 5. The molecule has 1 unspecified atom stereocenters. The van der Waals surface area contributed by atoms with Gasteiger partial charge in [-0.05, 0) is 19.3 Å². The van der Waals surface area contributed by atoms with Crippen LogP contribution in [0.5, 0.6) is 0 Å². The highest BCUT2D eigenvalue weighted by Crippen LogP contribution is 2.13. The number of nitrogens with two attached hydrogens (primary N) is 1. The van der Waals surface area contributed by atoms with Gasteiger partial charge in [0.15, 0.2) is 0 Å². The maximum Gasteiger partial charge on any atom is 0.224 e. The van der Waals surface area contributed by atoms with E-state index in [1.54, 1.807) is 4.90 Å². The van der Waals surface area contributed by atoms with Crippen molar-refractivity contribution in [1.82, 2.24) is 9.62 Å². The van der Waals surface area contributed by atoms with Gasteiger partial charge in [-0.1, -0.05) is 6.92 Å². The highest BCUT2D eigenvalue weighted by molar-refractivity contribution is 7.88. The third kappa shape index (κ3) is 5.32. The summed E-state index contributed by atoms with van der Waals surface area (Å²) in [4.78, 5) is 13.6. The molecule has 1 amide bonds. The Hall–Kier alpha value is -0.660. The summed E-state index contributed by atoms with van der Waals surface area (Å²) in [6.45, 7) is 3.16. The maximum absolute atomic E-state index is 11.9. The van der Waals surface area contributed by atoms with Crippen LogP contribution in [0.4, 0.5) is 0 Å². The highest BCUT2D eigenvalue weighted by atomic mass is 32.2. The SMILES string of the molecule is CCC(N)CC(=O)N1CCC(NS(C)(=O)=O)CC1. The van der Waals surface area contributed by atoms with Gasteiger partial charge in [-0.3, -0.25) is 4.79 Å². The van der Waals surface area contributed by atoms with E-state index in [1.165, 1.54) is 0 Å². The van der Waals surface area contributed by atoms with Gasteiger partial charge in [-0.25, -0.2) is 13.1 Å². The molecule has 1 rings (SSSR count). The van der Waals surface area contributed by atoms with Crippen LogP contribution >= 0.6 is 0 Å². The van der Waals surface area contributed by atoms with Crippen LogP contribution in [-0.2, 0) is 14.8 Å². The largest absolute Gasteiger partial charge is 0.343 e. The molecule has 0 spiro atoms. The van der Waals surface area contributed by atoms with Gasteiger partial charge in [0.05, 0.1) is 6.26 Å². The second-order valence-corrected chi connectivity index (χ2v) is 6.70. The van der Waals surface area contributed by atoms with Crippen molar-refractivity contribution in [1.29, 1.82) is 0 Å². The predicted octanol–water partition coefficient (Wildman–Crippen LogP) is -0.346. The first-order valence-electron chi connectivity index (χ1n) is 6.32. The van der Waals surface area contributed by atoms with Crippen LogP contribution < -0.4 is 10.5 Å². The lowest BCUT2D eigenvalue weighted by molar-refractivity contribution is -0.132. The number of hydrogen-bond acceptors (Lipinski definition) is 4. The van der Waals surface area contributed by atoms with Crippen molar-refractivity contribution in [2.45, 2.75) is 44.7 Å². The van der Waals surface area contributed by atoms with E-state index in [0.29, 0.717) is 32.4 Å². The Labute approximate surface area is 109 Å². The number of amides is 1. The first kappa shape index (κ1) is 15.4. The van der Waals surface area contributed by atoms with Crippen molar-refractivity contribution in [2.75, 3.05) is 19.3 Å². The average molecular weight is 277 g/mol. The molecule has 0 aromatic rings. The summed E-state index contributed by atoms with van der Waals surface area (Å²) in [6.07, 6.45) is 3.66. The zero-order valence-electron chi connectivity index (χ0n) is 11.1. The quantitative estimate of drug-likeness (QED) is 0.718. The molecule has 106 valence electrons. The lowest BCUT2D eigenvalue weighted by Crippen LogP contribution is -2.47. The minimum absolute atomic E-state index is 0.0519. The summed E-state index contributed by atoms with van der Waals surface area (Å²) in [5.74, 6) is 0.0714. The van der Waals surface area contributed by atoms with Crippen molar-refractivity contribution in [3.8, 4) is 0 Å². The van der Waals surface area contributed by atoms with Gasteiger partial charge >= 0.3 is 0 Å². The first-order valence-corrected chi connectivity index (χ1v) is 8.21. The number of piperidine rings is 1. The molecular weight excluding hydrogens is 254 g/mol. The average Bonchev–Trinajstić information content (AvgIpc) is 2.27. The van der Waals surface area contributed by atoms with E-state index in [1.807, 2.05) is 6.92 Å². The molecule has 3 N–H and O–H groups in total. The number of likely N-dealkylation sites (tertiary alicyclic amines) is 1. The summed E-state index contributed by atoms with van der Waals surface area (Å²) in [5.41, 5.74) is 5.75. The Bertz CT molecular complexity index is 375.